The van der Waals surface area contributed by atoms with E-state index >= 15 is 0 Å². The topological polar surface area (TPSA) is 94.4 Å². The van der Waals surface area contributed by atoms with E-state index < -0.39 is 15.3 Å². The number of fused-ring (bicyclic) bond motifs is 1. The molecule has 0 bridgehead atoms. The highest BCUT2D eigenvalue weighted by Crippen LogP contribution is 2.42. The minimum absolute atomic E-state index is 0.0849. The molecule has 0 aromatic carbocycles. The maximum Gasteiger partial charge on any atom is 0.313 e. The third kappa shape index (κ3) is 4.39. The second kappa shape index (κ2) is 8.58. The van der Waals surface area contributed by atoms with Crippen molar-refractivity contribution < 1.29 is 17.9 Å². The highest BCUT2D eigenvalue weighted by Gasteiger charge is 2.43. The van der Waals surface area contributed by atoms with Crippen molar-refractivity contribution >= 4 is 44.1 Å². The van der Waals surface area contributed by atoms with Crippen LogP contribution in [0.1, 0.15) is 39.0 Å². The first-order valence-electron chi connectivity index (χ1n) is 10.8. The zero-order valence-electron chi connectivity index (χ0n) is 18.0. The molecule has 1 atom stereocenters. The molecule has 0 spiro atoms. The van der Waals surface area contributed by atoms with Crippen LogP contribution in [0.25, 0.3) is 10.9 Å². The largest absolute Gasteiger partial charge is 0.469 e. The zero-order valence-corrected chi connectivity index (χ0v) is 19.6. The normalized spacial score (nSPS) is 21.1. The van der Waals surface area contributed by atoms with Gasteiger partial charge in [0.1, 0.15) is 15.0 Å². The lowest BCUT2D eigenvalue weighted by Crippen LogP contribution is -2.34. The standard InChI is InChI=1S/C21H29ClN4O4S/c1-3-31(28,29)13-15-6-9-25(12-15)19-16-11-23-18(22)10-17(16)26(24-19)14-21(20(27)30-2)7-4-5-8-21/h10-11,15H,3-9,12-14H2,1-2H3/t15-/m0/s1. The molecule has 2 aromatic heterocycles. The van der Waals surface area contributed by atoms with E-state index in [0.717, 1.165) is 55.4 Å². The predicted octanol–water partition coefficient (Wildman–Crippen LogP) is 3.08. The Bertz CT molecular complexity index is 1080. The summed E-state index contributed by atoms with van der Waals surface area (Å²) in [7, 11) is -1.59. The van der Waals surface area contributed by atoms with Gasteiger partial charge in [-0.2, -0.15) is 5.10 Å². The highest BCUT2D eigenvalue weighted by atomic mass is 35.5. The number of ether oxygens (including phenoxy) is 1. The van der Waals surface area contributed by atoms with Crippen LogP contribution < -0.4 is 4.90 Å². The summed E-state index contributed by atoms with van der Waals surface area (Å²) in [4.78, 5) is 19.0. The average molecular weight is 469 g/mol. The maximum atomic E-state index is 12.6. The lowest BCUT2D eigenvalue weighted by atomic mass is 9.86. The summed E-state index contributed by atoms with van der Waals surface area (Å²) >= 11 is 6.19. The van der Waals surface area contributed by atoms with Gasteiger partial charge in [-0.15, -0.1) is 0 Å². The van der Waals surface area contributed by atoms with Gasteiger partial charge in [-0.25, -0.2) is 13.4 Å². The van der Waals surface area contributed by atoms with Crippen LogP contribution in [0.2, 0.25) is 5.15 Å². The average Bonchev–Trinajstić information content (AvgIpc) is 3.47. The first-order valence-corrected chi connectivity index (χ1v) is 13.0. The monoisotopic (exact) mass is 468 g/mol. The Morgan fingerprint density at radius 2 is 2.10 bits per heavy atom. The number of hydrogen-bond donors (Lipinski definition) is 0. The van der Waals surface area contributed by atoms with Gasteiger partial charge in [0.2, 0.25) is 0 Å². The fourth-order valence-electron chi connectivity index (χ4n) is 5.00. The number of aromatic nitrogens is 3. The van der Waals surface area contributed by atoms with Crippen molar-refractivity contribution in [2.75, 3.05) is 36.6 Å². The summed E-state index contributed by atoms with van der Waals surface area (Å²) in [5.41, 5.74) is 0.249. The van der Waals surface area contributed by atoms with Crippen LogP contribution in [0, 0.1) is 11.3 Å². The van der Waals surface area contributed by atoms with Crippen molar-refractivity contribution in [3.8, 4) is 0 Å². The molecular formula is C21H29ClN4O4S. The van der Waals surface area contributed by atoms with Crippen molar-refractivity contribution in [1.82, 2.24) is 14.8 Å². The Kier molecular flexibility index (Phi) is 6.18. The van der Waals surface area contributed by atoms with E-state index in [2.05, 4.69) is 9.88 Å². The van der Waals surface area contributed by atoms with Gasteiger partial charge in [-0.1, -0.05) is 31.4 Å². The number of halogens is 1. The fraction of sp³-hybridized carbons (Fsp3) is 0.667. The van der Waals surface area contributed by atoms with Crippen molar-refractivity contribution in [3.05, 3.63) is 17.4 Å². The van der Waals surface area contributed by atoms with Gasteiger partial charge in [-0.05, 0) is 25.2 Å². The van der Waals surface area contributed by atoms with Gasteiger partial charge in [0.05, 0.1) is 35.7 Å². The fourth-order valence-corrected chi connectivity index (χ4v) is 6.38. The minimum atomic E-state index is -3.02. The number of nitrogens with zero attached hydrogens (tertiary/aromatic N) is 4. The predicted molar refractivity (Wildman–Crippen MR) is 120 cm³/mol. The van der Waals surface area contributed by atoms with E-state index in [4.69, 9.17) is 21.4 Å². The molecule has 1 aliphatic heterocycles. The van der Waals surface area contributed by atoms with Gasteiger partial charge < -0.3 is 9.64 Å². The number of carbonyl (C=O) groups is 1. The minimum Gasteiger partial charge on any atom is -0.469 e. The molecule has 1 saturated heterocycles. The molecule has 8 nitrogen and oxygen atoms in total. The molecule has 10 heteroatoms. The number of carbonyl (C=O) groups excluding carboxylic acids is 1. The van der Waals surface area contributed by atoms with Crippen molar-refractivity contribution in [2.24, 2.45) is 11.3 Å². The third-order valence-electron chi connectivity index (χ3n) is 6.73. The molecule has 0 unspecified atom stereocenters. The van der Waals surface area contributed by atoms with Gasteiger partial charge in [0.25, 0.3) is 0 Å². The van der Waals surface area contributed by atoms with Crippen LogP contribution in [0.3, 0.4) is 0 Å². The molecule has 2 fully saturated rings. The van der Waals surface area contributed by atoms with Crippen molar-refractivity contribution in [2.45, 2.75) is 45.6 Å². The van der Waals surface area contributed by atoms with E-state index in [1.807, 2.05) is 4.68 Å². The number of methoxy groups -OCH3 is 1. The van der Waals surface area contributed by atoms with E-state index in [0.29, 0.717) is 18.2 Å². The molecule has 31 heavy (non-hydrogen) atoms. The van der Waals surface area contributed by atoms with Crippen LogP contribution in [0.4, 0.5) is 5.82 Å². The Labute approximate surface area is 187 Å². The van der Waals surface area contributed by atoms with Gasteiger partial charge >= 0.3 is 5.97 Å². The van der Waals surface area contributed by atoms with E-state index in [1.165, 1.54) is 7.11 Å². The third-order valence-corrected chi connectivity index (χ3v) is 8.80. The zero-order chi connectivity index (χ0) is 22.2. The number of rotatable bonds is 7. The molecule has 1 saturated carbocycles. The van der Waals surface area contributed by atoms with Crippen LogP contribution in [0.5, 0.6) is 0 Å². The van der Waals surface area contributed by atoms with E-state index in [1.54, 1.807) is 19.2 Å². The van der Waals surface area contributed by atoms with Crippen LogP contribution in [-0.2, 0) is 25.9 Å². The first kappa shape index (κ1) is 22.3. The van der Waals surface area contributed by atoms with Gasteiger partial charge in [-0.3, -0.25) is 9.48 Å². The molecule has 0 N–H and O–H groups in total. The second-order valence-electron chi connectivity index (χ2n) is 8.78. The van der Waals surface area contributed by atoms with Crippen molar-refractivity contribution in [1.29, 1.82) is 0 Å². The summed E-state index contributed by atoms with van der Waals surface area (Å²) in [6.07, 6.45) is 6.05. The molecule has 4 rings (SSSR count). The molecule has 3 heterocycles. The van der Waals surface area contributed by atoms with E-state index in [-0.39, 0.29) is 23.4 Å². The number of sulfone groups is 1. The van der Waals surface area contributed by atoms with Crippen LogP contribution in [0.15, 0.2) is 12.3 Å². The Morgan fingerprint density at radius 3 is 2.77 bits per heavy atom. The van der Waals surface area contributed by atoms with E-state index in [9.17, 15) is 13.2 Å². The summed E-state index contributed by atoms with van der Waals surface area (Å²) in [6.45, 7) is 3.49. The molecular weight excluding hydrogens is 440 g/mol. The number of hydrogen-bond acceptors (Lipinski definition) is 7. The van der Waals surface area contributed by atoms with Gasteiger partial charge in [0.15, 0.2) is 5.82 Å². The second-order valence-corrected chi connectivity index (χ2v) is 11.6. The Balaban J connectivity index is 1.66. The quantitative estimate of drug-likeness (QED) is 0.455. The summed E-state index contributed by atoms with van der Waals surface area (Å²) < 4.78 is 31.1. The molecule has 2 aromatic rings. The van der Waals surface area contributed by atoms with Crippen LogP contribution in [-0.4, -0.2) is 60.9 Å². The molecule has 2 aliphatic rings. The lowest BCUT2D eigenvalue weighted by molar-refractivity contribution is -0.153. The number of esters is 1. The SMILES string of the molecule is CCS(=O)(=O)C[C@H]1CCN(c2nn(CC3(C(=O)OC)CCCC3)c3cc(Cl)ncc23)C1. The summed E-state index contributed by atoms with van der Waals surface area (Å²) in [5, 5.41) is 6.11. The maximum absolute atomic E-state index is 12.6. The molecule has 0 radical (unpaired) electrons. The lowest BCUT2D eigenvalue weighted by Gasteiger charge is -2.26. The highest BCUT2D eigenvalue weighted by molar-refractivity contribution is 7.91. The Morgan fingerprint density at radius 1 is 1.35 bits per heavy atom. The molecule has 170 valence electrons. The Hall–Kier alpha value is -1.87. The van der Waals surface area contributed by atoms with Crippen molar-refractivity contribution in [3.63, 3.8) is 0 Å². The summed E-state index contributed by atoms with van der Waals surface area (Å²) in [6, 6.07) is 1.78. The van der Waals surface area contributed by atoms with Gasteiger partial charge in [0, 0.05) is 31.1 Å². The molecule has 0 amide bonds. The van der Waals surface area contributed by atoms with Crippen LogP contribution >= 0.6 is 11.6 Å². The number of pyridine rings is 1. The summed E-state index contributed by atoms with van der Waals surface area (Å²) in [5.74, 6) is 1.03. The smallest absolute Gasteiger partial charge is 0.313 e. The first-order chi connectivity index (χ1) is 14.8. The number of anilines is 1. The molecule has 1 aliphatic carbocycles.